The number of nitrogens with two attached hydrogens (primary N) is 1. The number of anilines is 3. The molecule has 0 aromatic carbocycles. The lowest BCUT2D eigenvalue weighted by Gasteiger charge is -2.27. The van der Waals surface area contributed by atoms with Crippen molar-refractivity contribution in [1.82, 2.24) is 24.6 Å². The number of carbonyl (C=O) groups excluding carboxylic acids is 1. The predicted octanol–water partition coefficient (Wildman–Crippen LogP) is 2.64. The number of allylic oxidation sites excluding steroid dienone is 1. The van der Waals surface area contributed by atoms with E-state index in [0.29, 0.717) is 16.8 Å². The molecule has 1 saturated heterocycles. The minimum absolute atomic E-state index is 0.111. The number of fused-ring (bicyclic) bond motifs is 2. The van der Waals surface area contributed by atoms with E-state index in [4.69, 9.17) is 17.3 Å². The number of piperidine rings is 1. The molecule has 170 valence electrons. The Labute approximate surface area is 192 Å². The van der Waals surface area contributed by atoms with Crippen LogP contribution in [0, 0.1) is 17.8 Å². The van der Waals surface area contributed by atoms with Crippen LogP contribution in [0.1, 0.15) is 25.7 Å². The summed E-state index contributed by atoms with van der Waals surface area (Å²) in [6.45, 7) is 4.21. The monoisotopic (exact) mass is 456 g/mol. The zero-order valence-electron chi connectivity index (χ0n) is 18.0. The van der Waals surface area contributed by atoms with Crippen molar-refractivity contribution in [3.8, 4) is 0 Å². The number of nitrogens with zero attached hydrogens (tertiary/aromatic N) is 5. The van der Waals surface area contributed by atoms with E-state index in [1.165, 1.54) is 32.4 Å². The molecule has 2 aromatic heterocycles. The number of halogens is 1. The number of amides is 1. The van der Waals surface area contributed by atoms with Crippen LogP contribution in [0.25, 0.3) is 0 Å². The zero-order chi connectivity index (χ0) is 22.1. The quantitative estimate of drug-likeness (QED) is 0.523. The van der Waals surface area contributed by atoms with Gasteiger partial charge in [0, 0.05) is 18.8 Å². The van der Waals surface area contributed by atoms with Gasteiger partial charge in [0.25, 0.3) is 0 Å². The van der Waals surface area contributed by atoms with E-state index in [-0.39, 0.29) is 29.7 Å². The molecule has 2 aromatic rings. The Balaban J connectivity index is 1.23. The third kappa shape index (κ3) is 4.45. The zero-order valence-corrected chi connectivity index (χ0v) is 18.7. The van der Waals surface area contributed by atoms with Crippen LogP contribution < -0.4 is 16.4 Å². The first-order chi connectivity index (χ1) is 15.6. The van der Waals surface area contributed by atoms with Crippen molar-refractivity contribution in [2.24, 2.45) is 23.5 Å². The molecule has 0 spiro atoms. The van der Waals surface area contributed by atoms with Crippen LogP contribution in [0.2, 0.25) is 5.02 Å². The van der Waals surface area contributed by atoms with Gasteiger partial charge in [-0.05, 0) is 44.2 Å². The van der Waals surface area contributed by atoms with Gasteiger partial charge in [-0.15, -0.1) is 0 Å². The standard InChI is InChI=1S/C22H29ClN8O/c23-17-12-25-22(27-16-11-26-31(13-16)9-8-30-6-2-1-3-7-30)29-21(17)28-19-15-5-4-14(10-15)18(19)20(24)32/h4-5,11-15,18-19H,1-3,6-10H2,(H2,24,32)(H2,25,27,28,29)/t14-,15+,18+,19-/m0/s1. The van der Waals surface area contributed by atoms with Gasteiger partial charge < -0.3 is 21.3 Å². The SMILES string of the molecule is NC(=O)[C@H]1[C@@H](Nc2nc(Nc3cnn(CCN4CCCCC4)c3)ncc2Cl)[C@@H]2C=C[C@H]1C2. The molecule has 0 unspecified atom stereocenters. The number of hydrogen-bond acceptors (Lipinski definition) is 7. The van der Waals surface area contributed by atoms with Gasteiger partial charge in [-0.2, -0.15) is 10.1 Å². The Bertz CT molecular complexity index is 1000. The Hall–Kier alpha value is -2.65. The number of carbonyl (C=O) groups is 1. The highest BCUT2D eigenvalue weighted by Crippen LogP contribution is 2.45. The molecular formula is C22H29ClN8O. The summed E-state index contributed by atoms with van der Waals surface area (Å²) in [5, 5.41) is 11.4. The fraction of sp³-hybridized carbons (Fsp3) is 0.545. The molecule has 10 heteroatoms. The lowest BCUT2D eigenvalue weighted by Crippen LogP contribution is -2.41. The van der Waals surface area contributed by atoms with Crippen LogP contribution in [0.15, 0.2) is 30.7 Å². The van der Waals surface area contributed by atoms with Crippen molar-refractivity contribution in [2.45, 2.75) is 38.3 Å². The second kappa shape index (κ2) is 9.07. The Morgan fingerprint density at radius 2 is 1.97 bits per heavy atom. The summed E-state index contributed by atoms with van der Waals surface area (Å²) in [5.74, 6) is 0.799. The van der Waals surface area contributed by atoms with Crippen molar-refractivity contribution < 1.29 is 4.79 Å². The molecule has 2 aliphatic carbocycles. The first-order valence-electron chi connectivity index (χ1n) is 11.4. The molecule has 3 heterocycles. The summed E-state index contributed by atoms with van der Waals surface area (Å²) < 4.78 is 1.94. The third-order valence-corrected chi connectivity index (χ3v) is 7.10. The fourth-order valence-corrected chi connectivity index (χ4v) is 5.35. The summed E-state index contributed by atoms with van der Waals surface area (Å²) in [5.41, 5.74) is 6.48. The Kier molecular flexibility index (Phi) is 6.01. The van der Waals surface area contributed by atoms with Gasteiger partial charge in [-0.25, -0.2) is 4.98 Å². The predicted molar refractivity (Wildman–Crippen MR) is 124 cm³/mol. The van der Waals surface area contributed by atoms with E-state index >= 15 is 0 Å². The van der Waals surface area contributed by atoms with E-state index in [1.54, 1.807) is 12.4 Å². The van der Waals surface area contributed by atoms with Crippen LogP contribution >= 0.6 is 11.6 Å². The van der Waals surface area contributed by atoms with Crippen molar-refractivity contribution in [1.29, 1.82) is 0 Å². The molecule has 4 atom stereocenters. The van der Waals surface area contributed by atoms with Gasteiger partial charge in [-0.3, -0.25) is 9.48 Å². The number of primary amides is 1. The lowest BCUT2D eigenvalue weighted by atomic mass is 9.88. The first-order valence-corrected chi connectivity index (χ1v) is 11.7. The van der Waals surface area contributed by atoms with E-state index < -0.39 is 0 Å². The minimum atomic E-state index is -0.292. The average Bonchev–Trinajstić information content (AvgIpc) is 3.52. The molecule has 5 rings (SSSR count). The maximum absolute atomic E-state index is 12.0. The molecule has 2 fully saturated rings. The molecule has 1 amide bonds. The second-order valence-electron chi connectivity index (χ2n) is 8.96. The number of aromatic nitrogens is 4. The fourth-order valence-electron chi connectivity index (χ4n) is 5.20. The summed E-state index contributed by atoms with van der Waals surface area (Å²) in [6, 6.07) is -0.111. The average molecular weight is 457 g/mol. The van der Waals surface area contributed by atoms with Gasteiger partial charge in [0.1, 0.15) is 5.02 Å². The number of hydrogen-bond donors (Lipinski definition) is 3. The van der Waals surface area contributed by atoms with Crippen LogP contribution in [0.5, 0.6) is 0 Å². The van der Waals surface area contributed by atoms with Crippen molar-refractivity contribution in [3.63, 3.8) is 0 Å². The van der Waals surface area contributed by atoms with Gasteiger partial charge in [0.2, 0.25) is 11.9 Å². The first kappa shape index (κ1) is 21.2. The van der Waals surface area contributed by atoms with E-state index in [9.17, 15) is 4.79 Å². The van der Waals surface area contributed by atoms with Crippen molar-refractivity contribution in [3.05, 3.63) is 35.8 Å². The van der Waals surface area contributed by atoms with E-state index in [1.807, 2.05) is 10.9 Å². The van der Waals surface area contributed by atoms with Gasteiger partial charge >= 0.3 is 0 Å². The molecule has 4 N–H and O–H groups in total. The van der Waals surface area contributed by atoms with Gasteiger partial charge in [0.05, 0.1) is 30.5 Å². The second-order valence-corrected chi connectivity index (χ2v) is 9.36. The highest BCUT2D eigenvalue weighted by molar-refractivity contribution is 6.32. The van der Waals surface area contributed by atoms with Crippen molar-refractivity contribution >= 4 is 35.0 Å². The Morgan fingerprint density at radius 3 is 2.78 bits per heavy atom. The molecule has 3 aliphatic rings. The smallest absolute Gasteiger partial charge is 0.229 e. The van der Waals surface area contributed by atoms with E-state index in [2.05, 4.69) is 42.8 Å². The molecule has 1 saturated carbocycles. The molecule has 2 bridgehead atoms. The molecule has 1 aliphatic heterocycles. The number of rotatable bonds is 8. The summed E-state index contributed by atoms with van der Waals surface area (Å²) >= 11 is 6.36. The maximum Gasteiger partial charge on any atom is 0.229 e. The summed E-state index contributed by atoms with van der Waals surface area (Å²) in [4.78, 5) is 23.3. The van der Waals surface area contributed by atoms with Crippen LogP contribution in [-0.4, -0.2) is 56.2 Å². The lowest BCUT2D eigenvalue weighted by molar-refractivity contribution is -0.122. The molecular weight excluding hydrogens is 428 g/mol. The van der Waals surface area contributed by atoms with Crippen LogP contribution in [0.3, 0.4) is 0 Å². The van der Waals surface area contributed by atoms with Gasteiger partial charge in [-0.1, -0.05) is 30.2 Å². The highest BCUT2D eigenvalue weighted by Gasteiger charge is 2.47. The largest absolute Gasteiger partial charge is 0.369 e. The van der Waals surface area contributed by atoms with Crippen LogP contribution in [-0.2, 0) is 11.3 Å². The van der Waals surface area contributed by atoms with Crippen LogP contribution in [0.4, 0.5) is 17.5 Å². The van der Waals surface area contributed by atoms with E-state index in [0.717, 1.165) is 25.2 Å². The highest BCUT2D eigenvalue weighted by atomic mass is 35.5. The van der Waals surface area contributed by atoms with Gasteiger partial charge in [0.15, 0.2) is 5.82 Å². The molecule has 9 nitrogen and oxygen atoms in total. The normalized spacial score (nSPS) is 27.0. The minimum Gasteiger partial charge on any atom is -0.369 e. The number of likely N-dealkylation sites (tertiary alicyclic amines) is 1. The summed E-state index contributed by atoms with van der Waals surface area (Å²) in [6.07, 6.45) is 14.4. The molecule has 0 radical (unpaired) electrons. The maximum atomic E-state index is 12.0. The third-order valence-electron chi connectivity index (χ3n) is 6.82. The van der Waals surface area contributed by atoms with Crippen molar-refractivity contribution in [2.75, 3.05) is 30.3 Å². The summed E-state index contributed by atoms with van der Waals surface area (Å²) in [7, 11) is 0. The Morgan fingerprint density at radius 1 is 1.16 bits per heavy atom. The number of nitrogens with one attached hydrogen (secondary N) is 2. The topological polar surface area (TPSA) is 114 Å². The molecule has 32 heavy (non-hydrogen) atoms.